The van der Waals surface area contributed by atoms with Crippen LogP contribution in [0.15, 0.2) is 30.3 Å². The van der Waals surface area contributed by atoms with Crippen LogP contribution in [0, 0.1) is 0 Å². The van der Waals surface area contributed by atoms with E-state index < -0.39 is 6.23 Å². The summed E-state index contributed by atoms with van der Waals surface area (Å²) in [6, 6.07) is 9.91. The molecular weight excluding hydrogens is 186 g/mol. The van der Waals surface area contributed by atoms with E-state index in [0.29, 0.717) is 0 Å². The number of hydrogen-bond donors (Lipinski definition) is 1. The van der Waals surface area contributed by atoms with Gasteiger partial charge in [0.05, 0.1) is 0 Å². The molecule has 0 heterocycles. The Balaban J connectivity index is 0.00000144. The first kappa shape index (κ1) is 12.3. The molecule has 0 fully saturated rings. The Hall–Kier alpha value is -0.730. The first-order valence-corrected chi connectivity index (χ1v) is 4.25. The van der Waals surface area contributed by atoms with Crippen molar-refractivity contribution in [2.75, 3.05) is 11.4 Å². The van der Waals surface area contributed by atoms with Crippen molar-refractivity contribution >= 4 is 18.1 Å². The van der Waals surface area contributed by atoms with Crippen LogP contribution in [0.3, 0.4) is 0 Å². The largest absolute Gasteiger partial charge is 0.374 e. The van der Waals surface area contributed by atoms with Gasteiger partial charge in [0.15, 0.2) is 0 Å². The minimum atomic E-state index is -0.419. The standard InChI is InChI=1S/C10H15NO.ClH/c1-3-11(9(2)12)10-7-5-4-6-8-10;/h4-9,12H,3H2,1-2H3;1H. The highest BCUT2D eigenvalue weighted by atomic mass is 35.5. The van der Waals surface area contributed by atoms with E-state index in [1.807, 2.05) is 42.2 Å². The summed E-state index contributed by atoms with van der Waals surface area (Å²) >= 11 is 0. The Morgan fingerprint density at radius 1 is 1.31 bits per heavy atom. The predicted octanol–water partition coefficient (Wildman–Crippen LogP) is 2.27. The maximum atomic E-state index is 9.39. The fourth-order valence-corrected chi connectivity index (χ4v) is 1.28. The van der Waals surface area contributed by atoms with E-state index in [9.17, 15) is 5.11 Å². The fourth-order valence-electron chi connectivity index (χ4n) is 1.28. The van der Waals surface area contributed by atoms with Crippen molar-refractivity contribution in [2.24, 2.45) is 0 Å². The zero-order chi connectivity index (χ0) is 8.97. The van der Waals surface area contributed by atoms with Crippen LogP contribution in [0.5, 0.6) is 0 Å². The van der Waals surface area contributed by atoms with E-state index in [-0.39, 0.29) is 12.4 Å². The first-order valence-electron chi connectivity index (χ1n) is 4.25. The number of aliphatic hydroxyl groups excluding tert-OH is 1. The number of anilines is 1. The molecule has 0 aromatic heterocycles. The summed E-state index contributed by atoms with van der Waals surface area (Å²) in [5.74, 6) is 0. The number of hydrogen-bond acceptors (Lipinski definition) is 2. The molecule has 0 bridgehead atoms. The van der Waals surface area contributed by atoms with Crippen molar-refractivity contribution in [1.82, 2.24) is 0 Å². The number of halogens is 1. The molecule has 0 saturated carbocycles. The lowest BCUT2D eigenvalue weighted by Crippen LogP contribution is -2.32. The number of nitrogens with zero attached hydrogens (tertiary/aromatic N) is 1. The molecule has 74 valence electrons. The zero-order valence-electron chi connectivity index (χ0n) is 7.97. The molecule has 0 aliphatic carbocycles. The van der Waals surface area contributed by atoms with E-state index in [0.717, 1.165) is 12.2 Å². The van der Waals surface area contributed by atoms with Gasteiger partial charge < -0.3 is 10.0 Å². The number of rotatable bonds is 3. The molecule has 0 aliphatic heterocycles. The summed E-state index contributed by atoms with van der Waals surface area (Å²) in [6.45, 7) is 4.62. The SMILES string of the molecule is CCN(c1ccccc1)C(C)O.Cl. The number of benzene rings is 1. The lowest BCUT2D eigenvalue weighted by Gasteiger charge is -2.25. The van der Waals surface area contributed by atoms with E-state index in [4.69, 9.17) is 0 Å². The lowest BCUT2D eigenvalue weighted by atomic mass is 10.3. The third kappa shape index (κ3) is 3.25. The summed E-state index contributed by atoms with van der Waals surface area (Å²) in [4.78, 5) is 1.93. The van der Waals surface area contributed by atoms with Crippen LogP contribution in [0.25, 0.3) is 0 Å². The average molecular weight is 202 g/mol. The Bertz CT molecular complexity index is 226. The summed E-state index contributed by atoms with van der Waals surface area (Å²) in [5, 5.41) is 9.39. The molecule has 0 radical (unpaired) electrons. The molecule has 0 aliphatic rings. The molecule has 3 heteroatoms. The second kappa shape index (κ2) is 5.84. The Morgan fingerprint density at radius 2 is 1.85 bits per heavy atom. The lowest BCUT2D eigenvalue weighted by molar-refractivity contribution is 0.190. The third-order valence-corrected chi connectivity index (χ3v) is 1.88. The Morgan fingerprint density at radius 3 is 2.23 bits per heavy atom. The molecule has 1 aromatic rings. The molecule has 0 spiro atoms. The summed E-state index contributed by atoms with van der Waals surface area (Å²) < 4.78 is 0. The van der Waals surface area contributed by atoms with Gasteiger partial charge in [-0.25, -0.2) is 0 Å². The van der Waals surface area contributed by atoms with Gasteiger partial charge in [-0.15, -0.1) is 12.4 Å². The van der Waals surface area contributed by atoms with Crippen LogP contribution in [0.2, 0.25) is 0 Å². The van der Waals surface area contributed by atoms with Crippen LogP contribution in [0.4, 0.5) is 5.69 Å². The zero-order valence-corrected chi connectivity index (χ0v) is 8.79. The quantitative estimate of drug-likeness (QED) is 0.759. The Kier molecular flexibility index (Phi) is 5.51. The summed E-state index contributed by atoms with van der Waals surface area (Å²) in [7, 11) is 0. The van der Waals surface area contributed by atoms with Crippen LogP contribution in [0.1, 0.15) is 13.8 Å². The molecule has 1 rings (SSSR count). The molecule has 0 amide bonds. The smallest absolute Gasteiger partial charge is 0.124 e. The van der Waals surface area contributed by atoms with Gasteiger partial charge in [-0.3, -0.25) is 0 Å². The highest BCUT2D eigenvalue weighted by Crippen LogP contribution is 2.14. The van der Waals surface area contributed by atoms with E-state index in [2.05, 4.69) is 0 Å². The van der Waals surface area contributed by atoms with E-state index in [1.54, 1.807) is 6.92 Å². The third-order valence-electron chi connectivity index (χ3n) is 1.88. The van der Waals surface area contributed by atoms with Gasteiger partial charge in [0.25, 0.3) is 0 Å². The van der Waals surface area contributed by atoms with Gasteiger partial charge >= 0.3 is 0 Å². The van der Waals surface area contributed by atoms with Crippen LogP contribution in [-0.4, -0.2) is 17.9 Å². The highest BCUT2D eigenvalue weighted by Gasteiger charge is 2.07. The van der Waals surface area contributed by atoms with Crippen LogP contribution in [-0.2, 0) is 0 Å². The minimum absolute atomic E-state index is 0. The van der Waals surface area contributed by atoms with Crippen molar-refractivity contribution in [2.45, 2.75) is 20.1 Å². The van der Waals surface area contributed by atoms with Crippen LogP contribution >= 0.6 is 12.4 Å². The van der Waals surface area contributed by atoms with Gasteiger partial charge in [-0.1, -0.05) is 18.2 Å². The highest BCUT2D eigenvalue weighted by molar-refractivity contribution is 5.85. The second-order valence-electron chi connectivity index (χ2n) is 2.75. The van der Waals surface area contributed by atoms with Gasteiger partial charge in [-0.05, 0) is 26.0 Å². The molecule has 2 nitrogen and oxygen atoms in total. The average Bonchev–Trinajstić information content (AvgIpc) is 2.07. The van der Waals surface area contributed by atoms with Crippen molar-refractivity contribution in [3.05, 3.63) is 30.3 Å². The predicted molar refractivity (Wildman–Crippen MR) is 58.4 cm³/mol. The van der Waals surface area contributed by atoms with Crippen molar-refractivity contribution in [3.8, 4) is 0 Å². The maximum Gasteiger partial charge on any atom is 0.124 e. The topological polar surface area (TPSA) is 23.5 Å². The second-order valence-corrected chi connectivity index (χ2v) is 2.75. The monoisotopic (exact) mass is 201 g/mol. The fraction of sp³-hybridized carbons (Fsp3) is 0.400. The maximum absolute atomic E-state index is 9.39. The van der Waals surface area contributed by atoms with Crippen molar-refractivity contribution in [1.29, 1.82) is 0 Å². The van der Waals surface area contributed by atoms with Gasteiger partial charge in [0.2, 0.25) is 0 Å². The Labute approximate surface area is 85.6 Å². The van der Waals surface area contributed by atoms with Gasteiger partial charge in [0, 0.05) is 12.2 Å². The molecular formula is C10H16ClNO. The molecule has 1 N–H and O–H groups in total. The van der Waals surface area contributed by atoms with Gasteiger partial charge in [0.1, 0.15) is 6.23 Å². The van der Waals surface area contributed by atoms with Crippen molar-refractivity contribution < 1.29 is 5.11 Å². The normalized spacial score (nSPS) is 11.6. The number of aliphatic hydroxyl groups is 1. The molecule has 1 aromatic carbocycles. The minimum Gasteiger partial charge on any atom is -0.374 e. The van der Waals surface area contributed by atoms with Crippen LogP contribution < -0.4 is 4.90 Å². The molecule has 13 heavy (non-hydrogen) atoms. The molecule has 1 atom stereocenters. The van der Waals surface area contributed by atoms with Gasteiger partial charge in [-0.2, -0.15) is 0 Å². The van der Waals surface area contributed by atoms with E-state index in [1.165, 1.54) is 0 Å². The number of para-hydroxylation sites is 1. The summed E-state index contributed by atoms with van der Waals surface area (Å²) in [6.07, 6.45) is -0.419. The van der Waals surface area contributed by atoms with E-state index >= 15 is 0 Å². The summed E-state index contributed by atoms with van der Waals surface area (Å²) in [5.41, 5.74) is 1.06. The van der Waals surface area contributed by atoms with Crippen molar-refractivity contribution in [3.63, 3.8) is 0 Å². The molecule has 0 saturated heterocycles. The first-order chi connectivity index (χ1) is 5.75. The molecule has 1 unspecified atom stereocenters.